The molecule has 0 spiro atoms. The summed E-state index contributed by atoms with van der Waals surface area (Å²) in [7, 11) is 0. The molecule has 1 N–H and O–H groups in total. The molecule has 1 heterocycles. The lowest BCUT2D eigenvalue weighted by atomic mass is 10.0. The molecule has 24 heavy (non-hydrogen) atoms. The Balaban J connectivity index is 1.63. The molecule has 1 saturated heterocycles. The lowest BCUT2D eigenvalue weighted by molar-refractivity contribution is -0.135. The van der Waals surface area contributed by atoms with E-state index in [1.54, 1.807) is 0 Å². The fraction of sp³-hybridized carbons (Fsp3) is 0.600. The van der Waals surface area contributed by atoms with Crippen LogP contribution in [0.1, 0.15) is 50.5 Å². The zero-order valence-corrected chi connectivity index (χ0v) is 14.4. The monoisotopic (exact) mass is 328 g/mol. The van der Waals surface area contributed by atoms with Crippen LogP contribution in [0.5, 0.6) is 0 Å². The van der Waals surface area contributed by atoms with Gasteiger partial charge in [-0.05, 0) is 37.2 Å². The van der Waals surface area contributed by atoms with Crippen LogP contribution >= 0.6 is 0 Å². The minimum atomic E-state index is -0.431. The van der Waals surface area contributed by atoms with E-state index in [0.29, 0.717) is 18.8 Å². The summed E-state index contributed by atoms with van der Waals surface area (Å²) in [5, 5.41) is 3.04. The molecular formula is C20H28N2O2. The fourth-order valence-electron chi connectivity index (χ4n) is 3.94. The van der Waals surface area contributed by atoms with Gasteiger partial charge in [0, 0.05) is 25.9 Å². The molecule has 2 aliphatic rings. The number of hydrogen-bond donors (Lipinski definition) is 1. The van der Waals surface area contributed by atoms with Crippen molar-refractivity contribution in [3.8, 4) is 0 Å². The van der Waals surface area contributed by atoms with Gasteiger partial charge >= 0.3 is 0 Å². The number of nitrogens with zero attached hydrogens (tertiary/aromatic N) is 1. The van der Waals surface area contributed by atoms with Gasteiger partial charge in [0.25, 0.3) is 0 Å². The van der Waals surface area contributed by atoms with Crippen LogP contribution in [-0.4, -0.2) is 35.8 Å². The third-order valence-electron chi connectivity index (χ3n) is 5.28. The summed E-state index contributed by atoms with van der Waals surface area (Å²) >= 11 is 0. The van der Waals surface area contributed by atoms with E-state index in [1.165, 1.54) is 12.8 Å². The lowest BCUT2D eigenvalue weighted by Crippen LogP contribution is -2.49. The smallest absolute Gasteiger partial charge is 0.245 e. The van der Waals surface area contributed by atoms with Crippen molar-refractivity contribution < 1.29 is 9.59 Å². The van der Waals surface area contributed by atoms with Crippen molar-refractivity contribution in [3.05, 3.63) is 35.9 Å². The molecule has 3 rings (SSSR count). The molecule has 2 fully saturated rings. The molecule has 1 aliphatic heterocycles. The quantitative estimate of drug-likeness (QED) is 0.873. The van der Waals surface area contributed by atoms with Gasteiger partial charge in [-0.1, -0.05) is 43.2 Å². The van der Waals surface area contributed by atoms with Crippen LogP contribution in [-0.2, 0) is 16.0 Å². The minimum absolute atomic E-state index is 0.0374. The second-order valence-corrected chi connectivity index (χ2v) is 7.20. The van der Waals surface area contributed by atoms with Gasteiger partial charge in [-0.15, -0.1) is 0 Å². The summed E-state index contributed by atoms with van der Waals surface area (Å²) < 4.78 is 0. The number of carbonyl (C=O) groups is 2. The topological polar surface area (TPSA) is 49.4 Å². The Hall–Kier alpha value is -1.84. The van der Waals surface area contributed by atoms with Crippen LogP contribution in [0.25, 0.3) is 0 Å². The van der Waals surface area contributed by atoms with E-state index < -0.39 is 6.04 Å². The molecule has 1 saturated carbocycles. The summed E-state index contributed by atoms with van der Waals surface area (Å²) in [6, 6.07) is 9.54. The van der Waals surface area contributed by atoms with Crippen molar-refractivity contribution in [2.45, 2.75) is 57.4 Å². The fourth-order valence-corrected chi connectivity index (χ4v) is 3.94. The van der Waals surface area contributed by atoms with Gasteiger partial charge in [0.15, 0.2) is 0 Å². The molecule has 1 aliphatic carbocycles. The number of hydrogen-bond acceptors (Lipinski definition) is 2. The second-order valence-electron chi connectivity index (χ2n) is 7.20. The maximum Gasteiger partial charge on any atom is 0.245 e. The molecule has 1 aromatic carbocycles. The van der Waals surface area contributed by atoms with E-state index in [2.05, 4.69) is 5.32 Å². The van der Waals surface area contributed by atoms with Crippen LogP contribution in [0.2, 0.25) is 0 Å². The molecule has 1 aromatic rings. The maximum absolute atomic E-state index is 12.8. The van der Waals surface area contributed by atoms with Crippen molar-refractivity contribution in [1.29, 1.82) is 0 Å². The van der Waals surface area contributed by atoms with Crippen molar-refractivity contribution in [2.75, 3.05) is 13.1 Å². The first-order chi connectivity index (χ1) is 11.7. The van der Waals surface area contributed by atoms with Gasteiger partial charge in [0.1, 0.15) is 6.04 Å². The number of amides is 2. The first-order valence-corrected chi connectivity index (χ1v) is 9.34. The Labute approximate surface area is 144 Å². The average molecular weight is 328 g/mol. The lowest BCUT2D eigenvalue weighted by Gasteiger charge is -2.24. The van der Waals surface area contributed by atoms with E-state index in [0.717, 1.165) is 44.3 Å². The third-order valence-corrected chi connectivity index (χ3v) is 5.28. The number of likely N-dealkylation sites (tertiary alicyclic amines) is 1. The van der Waals surface area contributed by atoms with Gasteiger partial charge in [0.05, 0.1) is 0 Å². The molecule has 4 heteroatoms. The summed E-state index contributed by atoms with van der Waals surface area (Å²) in [5.41, 5.74) is 1.09. The van der Waals surface area contributed by atoms with Gasteiger partial charge in [-0.25, -0.2) is 0 Å². The Morgan fingerprint density at radius 2 is 1.71 bits per heavy atom. The van der Waals surface area contributed by atoms with Crippen LogP contribution in [0.15, 0.2) is 30.3 Å². The number of rotatable bonds is 6. The standard InChI is InChI=1S/C20H28N2O2/c23-19(15-17-10-4-5-11-17)21-18(14-16-8-2-1-3-9-16)20(24)22-12-6-7-13-22/h1-3,8-9,17-18H,4-7,10-15H2,(H,21,23). The number of benzene rings is 1. The molecule has 2 amide bonds. The first kappa shape index (κ1) is 17.0. The van der Waals surface area contributed by atoms with Crippen molar-refractivity contribution in [1.82, 2.24) is 10.2 Å². The molecule has 1 unspecified atom stereocenters. The number of carbonyl (C=O) groups excluding carboxylic acids is 2. The largest absolute Gasteiger partial charge is 0.344 e. The zero-order chi connectivity index (χ0) is 16.8. The highest BCUT2D eigenvalue weighted by Crippen LogP contribution is 2.27. The Bertz CT molecular complexity index is 546. The predicted octanol–water partition coefficient (Wildman–Crippen LogP) is 2.92. The van der Waals surface area contributed by atoms with E-state index in [1.807, 2.05) is 35.2 Å². The molecule has 0 aromatic heterocycles. The highest BCUT2D eigenvalue weighted by Gasteiger charge is 2.29. The highest BCUT2D eigenvalue weighted by atomic mass is 16.2. The van der Waals surface area contributed by atoms with E-state index in [4.69, 9.17) is 0 Å². The molecule has 0 bridgehead atoms. The number of nitrogens with one attached hydrogen (secondary N) is 1. The Morgan fingerprint density at radius 1 is 1.04 bits per heavy atom. The van der Waals surface area contributed by atoms with Gasteiger partial charge in [0.2, 0.25) is 11.8 Å². The molecule has 130 valence electrons. The zero-order valence-electron chi connectivity index (χ0n) is 14.4. The molecule has 4 nitrogen and oxygen atoms in total. The first-order valence-electron chi connectivity index (χ1n) is 9.34. The van der Waals surface area contributed by atoms with Crippen molar-refractivity contribution in [2.24, 2.45) is 5.92 Å². The Kier molecular flexibility index (Phi) is 5.89. The second kappa shape index (κ2) is 8.32. The molecule has 1 atom stereocenters. The molecule has 0 radical (unpaired) electrons. The molecular weight excluding hydrogens is 300 g/mol. The normalized spacial score (nSPS) is 19.4. The van der Waals surface area contributed by atoms with Gasteiger partial charge < -0.3 is 10.2 Å². The van der Waals surface area contributed by atoms with Gasteiger partial charge in [-0.3, -0.25) is 9.59 Å². The highest BCUT2D eigenvalue weighted by molar-refractivity contribution is 5.88. The summed E-state index contributed by atoms with van der Waals surface area (Å²) in [5.74, 6) is 0.621. The summed E-state index contributed by atoms with van der Waals surface area (Å²) in [4.78, 5) is 27.2. The van der Waals surface area contributed by atoms with Crippen LogP contribution < -0.4 is 5.32 Å². The van der Waals surface area contributed by atoms with Crippen LogP contribution in [0.3, 0.4) is 0 Å². The van der Waals surface area contributed by atoms with Crippen LogP contribution in [0, 0.1) is 5.92 Å². The van der Waals surface area contributed by atoms with Crippen molar-refractivity contribution in [3.63, 3.8) is 0 Å². The predicted molar refractivity (Wildman–Crippen MR) is 94.5 cm³/mol. The average Bonchev–Trinajstić information content (AvgIpc) is 3.28. The third kappa shape index (κ3) is 4.59. The van der Waals surface area contributed by atoms with Crippen LogP contribution in [0.4, 0.5) is 0 Å². The van der Waals surface area contributed by atoms with E-state index in [9.17, 15) is 9.59 Å². The Morgan fingerprint density at radius 3 is 2.38 bits per heavy atom. The SMILES string of the molecule is O=C(CC1CCCC1)NC(Cc1ccccc1)C(=O)N1CCCC1. The van der Waals surface area contributed by atoms with Gasteiger partial charge in [-0.2, -0.15) is 0 Å². The maximum atomic E-state index is 12.8. The van der Waals surface area contributed by atoms with E-state index in [-0.39, 0.29) is 11.8 Å². The van der Waals surface area contributed by atoms with Crippen molar-refractivity contribution >= 4 is 11.8 Å². The summed E-state index contributed by atoms with van der Waals surface area (Å²) in [6.45, 7) is 1.64. The minimum Gasteiger partial charge on any atom is -0.344 e. The summed E-state index contributed by atoms with van der Waals surface area (Å²) in [6.07, 6.45) is 8.05. The van der Waals surface area contributed by atoms with E-state index >= 15 is 0 Å².